The topological polar surface area (TPSA) is 71.5 Å². The summed E-state index contributed by atoms with van der Waals surface area (Å²) in [6.07, 6.45) is 2.35. The van der Waals surface area contributed by atoms with Crippen LogP contribution in [0.25, 0.3) is 0 Å². The molecule has 0 radical (unpaired) electrons. The van der Waals surface area contributed by atoms with E-state index in [9.17, 15) is 9.00 Å². The van der Waals surface area contributed by atoms with Gasteiger partial charge in [0.15, 0.2) is 0 Å². The number of aryl methyl sites for hydroxylation is 1. The number of hydrogen-bond donors (Lipinski definition) is 1. The predicted molar refractivity (Wildman–Crippen MR) is 114 cm³/mol. The maximum atomic E-state index is 12.9. The summed E-state index contributed by atoms with van der Waals surface area (Å²) >= 11 is 1.71. The van der Waals surface area contributed by atoms with Crippen molar-refractivity contribution in [1.29, 1.82) is 0 Å². The molecule has 0 saturated carbocycles. The second kappa shape index (κ2) is 7.36. The Morgan fingerprint density at radius 3 is 2.39 bits per heavy atom. The summed E-state index contributed by atoms with van der Waals surface area (Å²) in [5.74, 6) is 0. The summed E-state index contributed by atoms with van der Waals surface area (Å²) in [4.78, 5) is 20.2. The van der Waals surface area contributed by atoms with Gasteiger partial charge < -0.3 is 9.64 Å². The summed E-state index contributed by atoms with van der Waals surface area (Å²) in [7, 11) is -1.16. The van der Waals surface area contributed by atoms with Crippen LogP contribution in [0.15, 0.2) is 0 Å². The van der Waals surface area contributed by atoms with E-state index in [-0.39, 0.29) is 22.3 Å². The molecule has 3 rings (SSSR count). The van der Waals surface area contributed by atoms with Crippen molar-refractivity contribution >= 4 is 28.4 Å². The first-order valence-corrected chi connectivity index (χ1v) is 11.9. The first kappa shape index (κ1) is 21.7. The van der Waals surface area contributed by atoms with Crippen LogP contribution in [-0.2, 0) is 22.1 Å². The predicted octanol–water partition coefficient (Wildman–Crippen LogP) is 4.12. The van der Waals surface area contributed by atoms with E-state index in [4.69, 9.17) is 9.72 Å². The smallest absolute Gasteiger partial charge is 0.410 e. The highest BCUT2D eigenvalue weighted by Crippen LogP contribution is 2.54. The minimum Gasteiger partial charge on any atom is -0.444 e. The number of likely N-dealkylation sites (tertiary alicyclic amines) is 1. The van der Waals surface area contributed by atoms with E-state index in [0.29, 0.717) is 13.1 Å². The normalized spacial score (nSPS) is 23.0. The maximum absolute atomic E-state index is 12.9. The van der Waals surface area contributed by atoms with Gasteiger partial charge in [0.2, 0.25) is 0 Å². The van der Waals surface area contributed by atoms with Crippen molar-refractivity contribution in [2.75, 3.05) is 13.1 Å². The van der Waals surface area contributed by atoms with Gasteiger partial charge in [0.05, 0.1) is 32.5 Å². The molecule has 8 heteroatoms. The molecular formula is C20H33N3O3S2. The monoisotopic (exact) mass is 427 g/mol. The SMILES string of the molecule is Cc1nc2c(s1)[C@H](NS(=O)C(C)(C)C)C1(CCN(C(=O)OC(C)(C)C)CC1)C2. The molecule has 2 atom stereocenters. The maximum Gasteiger partial charge on any atom is 0.410 e. The van der Waals surface area contributed by atoms with Gasteiger partial charge in [-0.3, -0.25) is 0 Å². The number of thiazole rings is 1. The molecule has 1 fully saturated rings. The average Bonchev–Trinajstić information content (AvgIpc) is 3.00. The van der Waals surface area contributed by atoms with Crippen molar-refractivity contribution in [3.05, 3.63) is 15.6 Å². The number of nitrogens with one attached hydrogen (secondary N) is 1. The fourth-order valence-electron chi connectivity index (χ4n) is 3.94. The van der Waals surface area contributed by atoms with Crippen LogP contribution in [0.2, 0.25) is 0 Å². The van der Waals surface area contributed by atoms with E-state index in [2.05, 4.69) is 4.72 Å². The summed E-state index contributed by atoms with van der Waals surface area (Å²) in [6, 6.07) is 0.0227. The molecule has 1 saturated heterocycles. The molecule has 1 amide bonds. The van der Waals surface area contributed by atoms with E-state index in [1.165, 1.54) is 4.88 Å². The zero-order valence-electron chi connectivity index (χ0n) is 18.0. The number of ether oxygens (including phenoxy) is 1. The van der Waals surface area contributed by atoms with Gasteiger partial charge >= 0.3 is 6.09 Å². The molecule has 2 heterocycles. The number of carbonyl (C=O) groups excluding carboxylic acids is 1. The summed E-state index contributed by atoms with van der Waals surface area (Å²) in [5.41, 5.74) is 0.608. The van der Waals surface area contributed by atoms with Crippen LogP contribution in [0.5, 0.6) is 0 Å². The minimum atomic E-state index is -1.16. The van der Waals surface area contributed by atoms with Crippen molar-refractivity contribution in [3.8, 4) is 0 Å². The Labute approximate surface area is 175 Å². The van der Waals surface area contributed by atoms with Gasteiger partial charge in [-0.2, -0.15) is 0 Å². The lowest BCUT2D eigenvalue weighted by atomic mass is 9.74. The number of nitrogens with zero attached hydrogens (tertiary/aromatic N) is 2. The Morgan fingerprint density at radius 2 is 1.86 bits per heavy atom. The van der Waals surface area contributed by atoms with Gasteiger partial charge in [0.25, 0.3) is 0 Å². The number of rotatable bonds is 2. The highest BCUT2D eigenvalue weighted by atomic mass is 32.2. The molecule has 158 valence electrons. The number of carbonyl (C=O) groups is 1. The molecule has 0 aromatic carbocycles. The van der Waals surface area contributed by atoms with Gasteiger partial charge in [0.1, 0.15) is 5.60 Å². The van der Waals surface area contributed by atoms with Crippen molar-refractivity contribution in [1.82, 2.24) is 14.6 Å². The molecule has 1 spiro atoms. The van der Waals surface area contributed by atoms with Crippen LogP contribution in [0.1, 0.15) is 76.0 Å². The van der Waals surface area contributed by atoms with E-state index >= 15 is 0 Å². The Hall–Kier alpha value is -0.990. The van der Waals surface area contributed by atoms with Crippen LogP contribution < -0.4 is 4.72 Å². The molecule has 6 nitrogen and oxygen atoms in total. The second-order valence-corrected chi connectivity index (χ2v) is 13.2. The molecular weight excluding hydrogens is 394 g/mol. The van der Waals surface area contributed by atoms with E-state index < -0.39 is 16.6 Å². The zero-order valence-corrected chi connectivity index (χ0v) is 19.7. The van der Waals surface area contributed by atoms with Crippen LogP contribution in [0, 0.1) is 12.3 Å². The number of hydrogen-bond acceptors (Lipinski definition) is 5. The zero-order chi connectivity index (χ0) is 20.9. The third-order valence-corrected chi connectivity index (χ3v) is 8.06. The summed E-state index contributed by atoms with van der Waals surface area (Å²) in [5, 5.41) is 1.05. The van der Waals surface area contributed by atoms with E-state index in [1.54, 1.807) is 16.2 Å². The fourth-order valence-corrected chi connectivity index (χ4v) is 6.09. The Bertz CT molecular complexity index is 769. The molecule has 1 aromatic rings. The number of amides is 1. The van der Waals surface area contributed by atoms with E-state index in [0.717, 1.165) is 30.0 Å². The number of aromatic nitrogens is 1. The Kier molecular flexibility index (Phi) is 5.71. The van der Waals surface area contributed by atoms with Crippen LogP contribution in [-0.4, -0.2) is 43.6 Å². The number of piperidine rings is 1. The second-order valence-electron chi connectivity index (χ2n) is 9.98. The van der Waals surface area contributed by atoms with Crippen molar-refractivity contribution < 1.29 is 13.7 Å². The molecule has 1 aliphatic heterocycles. The lowest BCUT2D eigenvalue weighted by Gasteiger charge is -2.43. The van der Waals surface area contributed by atoms with Crippen molar-refractivity contribution in [2.24, 2.45) is 5.41 Å². The fraction of sp³-hybridized carbons (Fsp3) is 0.800. The molecule has 1 N–H and O–H groups in total. The highest BCUT2D eigenvalue weighted by molar-refractivity contribution is 7.84. The largest absolute Gasteiger partial charge is 0.444 e. The molecule has 1 aliphatic carbocycles. The van der Waals surface area contributed by atoms with Crippen LogP contribution in [0.4, 0.5) is 4.79 Å². The summed E-state index contributed by atoms with van der Waals surface area (Å²) in [6.45, 7) is 15.0. The Balaban J connectivity index is 1.78. The first-order chi connectivity index (χ1) is 12.8. The lowest BCUT2D eigenvalue weighted by Crippen LogP contribution is -2.49. The average molecular weight is 428 g/mol. The first-order valence-electron chi connectivity index (χ1n) is 9.93. The van der Waals surface area contributed by atoms with Crippen LogP contribution in [0.3, 0.4) is 0 Å². The van der Waals surface area contributed by atoms with Gasteiger partial charge in [-0.1, -0.05) is 0 Å². The van der Waals surface area contributed by atoms with Crippen molar-refractivity contribution in [2.45, 2.75) is 84.1 Å². The van der Waals surface area contributed by atoms with E-state index in [1.807, 2.05) is 48.5 Å². The minimum absolute atomic E-state index is 0.0227. The molecule has 28 heavy (non-hydrogen) atoms. The third kappa shape index (κ3) is 4.44. The standard InChI is InChI=1S/C20H33N3O3S2/c1-13-21-14-12-20(16(15(14)27-13)22-28(25)19(5,6)7)8-10-23(11-9-20)17(24)26-18(2,3)4/h16,22H,8-12H2,1-7H3/t16-,28?/m0/s1. The van der Waals surface area contributed by atoms with Crippen molar-refractivity contribution in [3.63, 3.8) is 0 Å². The quantitative estimate of drug-likeness (QED) is 0.771. The third-order valence-electron chi connectivity index (χ3n) is 5.42. The molecule has 1 unspecified atom stereocenters. The summed E-state index contributed by atoms with van der Waals surface area (Å²) < 4.78 is 21.5. The lowest BCUT2D eigenvalue weighted by molar-refractivity contribution is 0.00726. The Morgan fingerprint density at radius 1 is 1.25 bits per heavy atom. The van der Waals surface area contributed by atoms with Gasteiger partial charge in [-0.15, -0.1) is 11.3 Å². The molecule has 1 aromatic heterocycles. The highest BCUT2D eigenvalue weighted by Gasteiger charge is 2.51. The van der Waals surface area contributed by atoms with Gasteiger partial charge in [-0.25, -0.2) is 18.7 Å². The van der Waals surface area contributed by atoms with Gasteiger partial charge in [0, 0.05) is 23.4 Å². The van der Waals surface area contributed by atoms with Gasteiger partial charge in [-0.05, 0) is 67.7 Å². The number of fused-ring (bicyclic) bond motifs is 1. The molecule has 0 bridgehead atoms. The van der Waals surface area contributed by atoms with Crippen LogP contribution >= 0.6 is 11.3 Å². The molecule has 2 aliphatic rings.